The smallest absolute Gasteiger partial charge is 0.408 e. The van der Waals surface area contributed by atoms with Crippen LogP contribution in [0, 0.1) is 5.82 Å². The Balaban J connectivity index is 1.90. The van der Waals surface area contributed by atoms with Gasteiger partial charge in [0.2, 0.25) is 12.1 Å². The van der Waals surface area contributed by atoms with E-state index in [9.17, 15) is 18.8 Å². The molecule has 0 saturated heterocycles. The lowest BCUT2D eigenvalue weighted by atomic mass is 10.0. The number of alkyl carbamates (subject to hydrolysis) is 1. The van der Waals surface area contributed by atoms with Crippen LogP contribution in [0.25, 0.3) is 0 Å². The van der Waals surface area contributed by atoms with Crippen LogP contribution in [0.2, 0.25) is 0 Å². The molecule has 2 unspecified atom stereocenters. The maximum absolute atomic E-state index is 13.5. The van der Waals surface area contributed by atoms with Crippen molar-refractivity contribution in [3.8, 4) is 0 Å². The lowest BCUT2D eigenvalue weighted by Gasteiger charge is -2.23. The van der Waals surface area contributed by atoms with E-state index in [1.807, 2.05) is 6.07 Å². The minimum atomic E-state index is -1.25. The van der Waals surface area contributed by atoms with E-state index >= 15 is 0 Å². The van der Waals surface area contributed by atoms with Crippen molar-refractivity contribution in [3.05, 3.63) is 65.5 Å². The Hall–Kier alpha value is -3.75. The minimum Gasteiger partial charge on any atom is -0.444 e. The number of benzodiazepines with no additional fused rings is 1. The third-order valence-corrected chi connectivity index (χ3v) is 4.87. The number of halogens is 1. The number of hydrogen-bond acceptors (Lipinski definition) is 5. The molecule has 2 aromatic rings. The number of anilines is 1. The summed E-state index contributed by atoms with van der Waals surface area (Å²) >= 11 is 0. The van der Waals surface area contributed by atoms with Crippen LogP contribution in [-0.2, 0) is 14.3 Å². The predicted molar refractivity (Wildman–Crippen MR) is 123 cm³/mol. The number of benzene rings is 2. The molecule has 1 aliphatic heterocycles. The number of carbonyl (C=O) groups excluding carboxylic acids is 3. The van der Waals surface area contributed by atoms with Gasteiger partial charge in [0, 0.05) is 18.2 Å². The third-order valence-electron chi connectivity index (χ3n) is 4.87. The summed E-state index contributed by atoms with van der Waals surface area (Å²) in [5, 5.41) is 5.04. The first-order valence-corrected chi connectivity index (χ1v) is 10.5. The van der Waals surface area contributed by atoms with Crippen molar-refractivity contribution in [1.29, 1.82) is 0 Å². The number of rotatable bonds is 4. The molecule has 0 saturated carbocycles. The molecule has 2 N–H and O–H groups in total. The summed E-state index contributed by atoms with van der Waals surface area (Å²) in [5.41, 5.74) is 1.56. The molecule has 174 valence electrons. The van der Waals surface area contributed by atoms with Gasteiger partial charge in [-0.05, 0) is 58.0 Å². The summed E-state index contributed by atoms with van der Waals surface area (Å²) in [7, 11) is 1.59. The van der Waals surface area contributed by atoms with Crippen molar-refractivity contribution in [3.63, 3.8) is 0 Å². The summed E-state index contributed by atoms with van der Waals surface area (Å²) in [5.74, 6) is -1.47. The van der Waals surface area contributed by atoms with E-state index in [-0.39, 0.29) is 0 Å². The summed E-state index contributed by atoms with van der Waals surface area (Å²) in [6, 6.07) is 11.9. The van der Waals surface area contributed by atoms with Crippen LogP contribution in [-0.4, -0.2) is 48.5 Å². The van der Waals surface area contributed by atoms with Gasteiger partial charge < -0.3 is 20.3 Å². The van der Waals surface area contributed by atoms with Gasteiger partial charge in [0.1, 0.15) is 17.5 Å². The Morgan fingerprint density at radius 2 is 1.76 bits per heavy atom. The van der Waals surface area contributed by atoms with Crippen molar-refractivity contribution in [2.75, 3.05) is 11.9 Å². The van der Waals surface area contributed by atoms with Crippen molar-refractivity contribution in [2.45, 2.75) is 45.5 Å². The average molecular weight is 455 g/mol. The minimum absolute atomic E-state index is 0.402. The molecule has 9 heteroatoms. The maximum atomic E-state index is 13.5. The molecule has 0 aliphatic carbocycles. The maximum Gasteiger partial charge on any atom is 0.408 e. The Morgan fingerprint density at radius 3 is 2.39 bits per heavy atom. The average Bonchev–Trinajstić information content (AvgIpc) is 2.84. The molecule has 1 aliphatic rings. The predicted octanol–water partition coefficient (Wildman–Crippen LogP) is 3.00. The molecule has 0 spiro atoms. The van der Waals surface area contributed by atoms with Crippen LogP contribution in [0.3, 0.4) is 0 Å². The molecule has 0 bridgehead atoms. The number of aliphatic imine (C=N–C) groups is 1. The summed E-state index contributed by atoms with van der Waals surface area (Å²) in [6.07, 6.45) is -2.00. The van der Waals surface area contributed by atoms with Crippen LogP contribution in [0.1, 0.15) is 38.8 Å². The largest absolute Gasteiger partial charge is 0.444 e. The molecule has 1 heterocycles. The number of para-hydroxylation sites is 1. The van der Waals surface area contributed by atoms with Crippen molar-refractivity contribution >= 4 is 29.3 Å². The second-order valence-electron chi connectivity index (χ2n) is 8.68. The number of fused-ring (bicyclic) bond motifs is 1. The molecule has 2 atom stereocenters. The Kier molecular flexibility index (Phi) is 6.81. The first-order chi connectivity index (χ1) is 15.5. The zero-order chi connectivity index (χ0) is 24.3. The second-order valence-corrected chi connectivity index (χ2v) is 8.68. The first kappa shape index (κ1) is 23.9. The van der Waals surface area contributed by atoms with Gasteiger partial charge in [-0.2, -0.15) is 0 Å². The number of nitrogens with one attached hydrogen (secondary N) is 2. The molecule has 3 rings (SSSR count). The molecule has 33 heavy (non-hydrogen) atoms. The van der Waals surface area contributed by atoms with Crippen molar-refractivity contribution < 1.29 is 23.5 Å². The molecule has 2 aromatic carbocycles. The lowest BCUT2D eigenvalue weighted by Crippen LogP contribution is -2.52. The highest BCUT2D eigenvalue weighted by Crippen LogP contribution is 2.27. The topological polar surface area (TPSA) is 100 Å². The van der Waals surface area contributed by atoms with Gasteiger partial charge in [-0.25, -0.2) is 14.2 Å². The molecular weight excluding hydrogens is 427 g/mol. The number of nitrogens with zero attached hydrogens (tertiary/aromatic N) is 2. The van der Waals surface area contributed by atoms with E-state index in [2.05, 4.69) is 15.6 Å². The normalized spacial score (nSPS) is 16.8. The van der Waals surface area contributed by atoms with Crippen LogP contribution in [0.5, 0.6) is 0 Å². The fourth-order valence-electron chi connectivity index (χ4n) is 3.26. The van der Waals surface area contributed by atoms with E-state index in [1.54, 1.807) is 58.2 Å². The van der Waals surface area contributed by atoms with E-state index in [0.29, 0.717) is 22.5 Å². The number of likely N-dealkylation sites (N-methyl/N-ethyl adjacent to an activating group) is 1. The van der Waals surface area contributed by atoms with Gasteiger partial charge >= 0.3 is 6.09 Å². The molecule has 0 aromatic heterocycles. The zero-order valence-electron chi connectivity index (χ0n) is 19.2. The highest BCUT2D eigenvalue weighted by atomic mass is 19.1. The fourth-order valence-corrected chi connectivity index (χ4v) is 3.26. The van der Waals surface area contributed by atoms with Gasteiger partial charge in [0.05, 0.1) is 11.4 Å². The quantitative estimate of drug-likeness (QED) is 0.742. The van der Waals surface area contributed by atoms with Gasteiger partial charge in [0.25, 0.3) is 5.91 Å². The first-order valence-electron chi connectivity index (χ1n) is 10.5. The standard InChI is InChI=1S/C24H27FN4O4/c1-14(26-23(32)33-24(2,3)4)21(30)28-20-22(31)29(5)18-9-7-6-8-17(18)19(27-20)15-10-12-16(25)13-11-15/h6-14,20H,1-5H3,(H,26,32)(H,28,30). The number of ether oxygens (including phenoxy) is 1. The van der Waals surface area contributed by atoms with Crippen LogP contribution < -0.4 is 15.5 Å². The Labute approximate surface area is 191 Å². The summed E-state index contributed by atoms with van der Waals surface area (Å²) < 4.78 is 18.7. The van der Waals surface area contributed by atoms with E-state index in [1.165, 1.54) is 24.0 Å². The molecule has 8 nitrogen and oxygen atoms in total. The molecule has 0 radical (unpaired) electrons. The Bertz CT molecular complexity index is 1090. The van der Waals surface area contributed by atoms with E-state index < -0.39 is 41.5 Å². The molecule has 3 amide bonds. The van der Waals surface area contributed by atoms with E-state index in [4.69, 9.17) is 4.74 Å². The molecule has 0 fully saturated rings. The number of carbonyl (C=O) groups is 3. The third kappa shape index (κ3) is 5.74. The van der Waals surface area contributed by atoms with Crippen molar-refractivity contribution in [1.82, 2.24) is 10.6 Å². The highest BCUT2D eigenvalue weighted by Gasteiger charge is 2.32. The van der Waals surface area contributed by atoms with Gasteiger partial charge in [-0.3, -0.25) is 9.59 Å². The van der Waals surface area contributed by atoms with Gasteiger partial charge in [-0.1, -0.05) is 18.2 Å². The fraction of sp³-hybridized carbons (Fsp3) is 0.333. The van der Waals surface area contributed by atoms with Crippen LogP contribution in [0.4, 0.5) is 14.9 Å². The van der Waals surface area contributed by atoms with Gasteiger partial charge in [0.15, 0.2) is 0 Å². The van der Waals surface area contributed by atoms with E-state index in [0.717, 1.165) is 0 Å². The highest BCUT2D eigenvalue weighted by molar-refractivity contribution is 6.20. The van der Waals surface area contributed by atoms with Crippen LogP contribution in [0.15, 0.2) is 53.5 Å². The monoisotopic (exact) mass is 454 g/mol. The summed E-state index contributed by atoms with van der Waals surface area (Å²) in [4.78, 5) is 43.9. The van der Waals surface area contributed by atoms with Crippen molar-refractivity contribution in [2.24, 2.45) is 4.99 Å². The zero-order valence-corrected chi connectivity index (χ0v) is 19.2. The SMILES string of the molecule is CC(NC(=O)OC(C)(C)C)C(=O)NC1N=C(c2ccc(F)cc2)c2ccccc2N(C)C1=O. The Morgan fingerprint density at radius 1 is 1.12 bits per heavy atom. The number of amides is 3. The van der Waals surface area contributed by atoms with Crippen LogP contribution >= 0.6 is 0 Å². The summed E-state index contributed by atoms with van der Waals surface area (Å²) in [6.45, 7) is 6.60. The number of hydrogen-bond donors (Lipinski definition) is 2. The lowest BCUT2D eigenvalue weighted by molar-refractivity contribution is -0.128. The van der Waals surface area contributed by atoms with Gasteiger partial charge in [-0.15, -0.1) is 0 Å². The second kappa shape index (κ2) is 9.40. The molecular formula is C24H27FN4O4.